The molecular formula is C10H8ClN3O2S. The van der Waals surface area contributed by atoms with E-state index in [1.807, 2.05) is 0 Å². The topological polar surface area (TPSA) is 74.8 Å². The molecule has 2 heterocycles. The van der Waals surface area contributed by atoms with Crippen LogP contribution in [0.2, 0.25) is 0 Å². The van der Waals surface area contributed by atoms with E-state index in [1.54, 1.807) is 5.38 Å². The van der Waals surface area contributed by atoms with E-state index in [1.165, 1.54) is 29.5 Å². The molecule has 5 nitrogen and oxygen atoms in total. The van der Waals surface area contributed by atoms with Gasteiger partial charge in [0, 0.05) is 11.4 Å². The van der Waals surface area contributed by atoms with Crippen LogP contribution < -0.4 is 10.9 Å². The van der Waals surface area contributed by atoms with Crippen LogP contribution in [-0.2, 0) is 5.88 Å². The van der Waals surface area contributed by atoms with E-state index in [4.69, 9.17) is 11.6 Å². The van der Waals surface area contributed by atoms with E-state index in [9.17, 15) is 9.59 Å². The molecule has 0 unspecified atom stereocenters. The van der Waals surface area contributed by atoms with Crippen LogP contribution in [0.1, 0.15) is 16.2 Å². The third kappa shape index (κ3) is 2.92. The van der Waals surface area contributed by atoms with Crippen molar-refractivity contribution in [3.05, 3.63) is 45.3 Å². The second kappa shape index (κ2) is 5.11. The Kier molecular flexibility index (Phi) is 3.55. The van der Waals surface area contributed by atoms with Crippen molar-refractivity contribution in [1.29, 1.82) is 0 Å². The highest BCUT2D eigenvalue weighted by molar-refractivity contribution is 7.14. The maximum Gasteiger partial charge on any atom is 0.273 e. The predicted octanol–water partition coefficient (Wildman–Crippen LogP) is 1.82. The first-order valence-electron chi connectivity index (χ1n) is 4.70. The number of alkyl halides is 1. The smallest absolute Gasteiger partial charge is 0.273 e. The molecule has 0 aliphatic rings. The SMILES string of the molecule is O=C(Nc1nc(CCl)cs1)c1cccc(=O)[nH]1. The van der Waals surface area contributed by atoms with Crippen LogP contribution in [0.3, 0.4) is 0 Å². The number of thiazole rings is 1. The minimum absolute atomic E-state index is 0.195. The van der Waals surface area contributed by atoms with Crippen LogP contribution in [0.25, 0.3) is 0 Å². The first-order chi connectivity index (χ1) is 8.19. The zero-order valence-electron chi connectivity index (χ0n) is 8.57. The summed E-state index contributed by atoms with van der Waals surface area (Å²) in [7, 11) is 0. The van der Waals surface area contributed by atoms with Crippen molar-refractivity contribution in [2.45, 2.75) is 5.88 Å². The Bertz CT molecular complexity index is 593. The highest BCUT2D eigenvalue weighted by Gasteiger charge is 2.09. The van der Waals surface area contributed by atoms with E-state index in [0.717, 1.165) is 0 Å². The second-order valence-corrected chi connectivity index (χ2v) is 4.29. The van der Waals surface area contributed by atoms with Crippen LogP contribution in [-0.4, -0.2) is 15.9 Å². The van der Waals surface area contributed by atoms with Gasteiger partial charge in [-0.2, -0.15) is 0 Å². The van der Waals surface area contributed by atoms with E-state index in [-0.39, 0.29) is 11.3 Å². The van der Waals surface area contributed by atoms with E-state index in [2.05, 4.69) is 15.3 Å². The number of carbonyl (C=O) groups is 1. The Labute approximate surface area is 105 Å². The lowest BCUT2D eigenvalue weighted by atomic mass is 10.3. The number of aromatic nitrogens is 2. The maximum atomic E-state index is 11.7. The van der Waals surface area contributed by atoms with Crippen LogP contribution in [0.4, 0.5) is 5.13 Å². The number of nitrogens with one attached hydrogen (secondary N) is 2. The summed E-state index contributed by atoms with van der Waals surface area (Å²) < 4.78 is 0. The number of halogens is 1. The quantitative estimate of drug-likeness (QED) is 0.835. The van der Waals surface area contributed by atoms with Gasteiger partial charge in [-0.15, -0.1) is 22.9 Å². The molecule has 0 radical (unpaired) electrons. The molecule has 0 bridgehead atoms. The van der Waals surface area contributed by atoms with Gasteiger partial charge in [-0.1, -0.05) is 6.07 Å². The predicted molar refractivity (Wildman–Crippen MR) is 66.7 cm³/mol. The molecule has 17 heavy (non-hydrogen) atoms. The van der Waals surface area contributed by atoms with Gasteiger partial charge in [0.1, 0.15) is 5.69 Å². The molecule has 0 saturated carbocycles. The zero-order valence-corrected chi connectivity index (χ0v) is 10.1. The first-order valence-corrected chi connectivity index (χ1v) is 6.11. The maximum absolute atomic E-state index is 11.7. The lowest BCUT2D eigenvalue weighted by molar-refractivity contribution is 0.102. The number of anilines is 1. The molecule has 0 spiro atoms. The number of H-pyrrole nitrogens is 1. The van der Waals surface area contributed by atoms with Crippen molar-refractivity contribution < 1.29 is 4.79 Å². The lowest BCUT2D eigenvalue weighted by Gasteiger charge is -2.00. The second-order valence-electron chi connectivity index (χ2n) is 3.16. The van der Waals surface area contributed by atoms with Gasteiger partial charge < -0.3 is 4.98 Å². The molecule has 2 aromatic rings. The summed E-state index contributed by atoms with van der Waals surface area (Å²) in [5, 5.41) is 4.79. The summed E-state index contributed by atoms with van der Waals surface area (Å²) >= 11 is 6.88. The van der Waals surface area contributed by atoms with Crippen LogP contribution in [0.15, 0.2) is 28.4 Å². The summed E-state index contributed by atoms with van der Waals surface area (Å²) in [4.78, 5) is 29.3. The van der Waals surface area contributed by atoms with Gasteiger partial charge in [-0.05, 0) is 6.07 Å². The Balaban J connectivity index is 2.14. The fourth-order valence-corrected chi connectivity index (χ4v) is 2.10. The highest BCUT2D eigenvalue weighted by Crippen LogP contribution is 2.17. The van der Waals surface area contributed by atoms with Gasteiger partial charge in [0.15, 0.2) is 5.13 Å². The molecule has 0 fully saturated rings. The third-order valence-corrected chi connectivity index (χ3v) is 3.00. The molecule has 2 aromatic heterocycles. The average Bonchev–Trinajstić information content (AvgIpc) is 2.77. The Morgan fingerprint density at radius 2 is 2.35 bits per heavy atom. The molecule has 0 saturated heterocycles. The summed E-state index contributed by atoms with van der Waals surface area (Å²) in [5.74, 6) is -0.104. The van der Waals surface area contributed by atoms with Gasteiger partial charge >= 0.3 is 0 Å². The minimum atomic E-state index is -0.404. The van der Waals surface area contributed by atoms with Crippen LogP contribution in [0, 0.1) is 0 Å². The van der Waals surface area contributed by atoms with E-state index < -0.39 is 5.91 Å². The number of carbonyl (C=O) groups excluding carboxylic acids is 1. The minimum Gasteiger partial charge on any atom is -0.318 e. The molecule has 0 aliphatic heterocycles. The van der Waals surface area contributed by atoms with Crippen molar-refractivity contribution in [3.63, 3.8) is 0 Å². The van der Waals surface area contributed by atoms with Gasteiger partial charge in [0.25, 0.3) is 5.91 Å². The molecule has 0 aliphatic carbocycles. The summed E-state index contributed by atoms with van der Waals surface area (Å²) in [5.41, 5.74) is 0.576. The monoisotopic (exact) mass is 269 g/mol. The number of nitrogens with zero attached hydrogens (tertiary/aromatic N) is 1. The van der Waals surface area contributed by atoms with E-state index >= 15 is 0 Å². The number of hydrogen-bond acceptors (Lipinski definition) is 4. The Hall–Kier alpha value is -1.66. The molecule has 7 heteroatoms. The van der Waals surface area contributed by atoms with Crippen LogP contribution in [0.5, 0.6) is 0 Å². The molecule has 88 valence electrons. The van der Waals surface area contributed by atoms with Gasteiger partial charge in [0.05, 0.1) is 11.6 Å². The van der Waals surface area contributed by atoms with E-state index in [0.29, 0.717) is 16.7 Å². The molecular weight excluding hydrogens is 262 g/mol. The van der Waals surface area contributed by atoms with Crippen molar-refractivity contribution >= 4 is 34.0 Å². The summed E-state index contributed by atoms with van der Waals surface area (Å²) in [6, 6.07) is 4.37. The molecule has 2 N–H and O–H groups in total. The third-order valence-electron chi connectivity index (χ3n) is 1.92. The molecule has 0 aromatic carbocycles. The Morgan fingerprint density at radius 1 is 1.53 bits per heavy atom. The van der Waals surface area contributed by atoms with Gasteiger partial charge in [-0.25, -0.2) is 4.98 Å². The number of hydrogen-bond donors (Lipinski definition) is 2. The number of amides is 1. The lowest BCUT2D eigenvalue weighted by Crippen LogP contribution is -2.17. The normalized spacial score (nSPS) is 10.2. The first kappa shape index (κ1) is 11.8. The number of aromatic amines is 1. The average molecular weight is 270 g/mol. The zero-order chi connectivity index (χ0) is 12.3. The van der Waals surface area contributed by atoms with Crippen molar-refractivity contribution in [3.8, 4) is 0 Å². The molecule has 0 atom stereocenters. The van der Waals surface area contributed by atoms with Gasteiger partial charge in [0.2, 0.25) is 5.56 Å². The summed E-state index contributed by atoms with van der Waals surface area (Å²) in [6.45, 7) is 0. The van der Waals surface area contributed by atoms with Crippen molar-refractivity contribution in [2.75, 3.05) is 5.32 Å². The fraction of sp³-hybridized carbons (Fsp3) is 0.100. The summed E-state index contributed by atoms with van der Waals surface area (Å²) in [6.07, 6.45) is 0. The Morgan fingerprint density at radius 3 is 3.00 bits per heavy atom. The number of pyridine rings is 1. The molecule has 1 amide bonds. The largest absolute Gasteiger partial charge is 0.318 e. The van der Waals surface area contributed by atoms with Crippen molar-refractivity contribution in [2.24, 2.45) is 0 Å². The van der Waals surface area contributed by atoms with Crippen molar-refractivity contribution in [1.82, 2.24) is 9.97 Å². The number of rotatable bonds is 3. The standard InChI is InChI=1S/C10H8ClN3O2S/c11-4-6-5-17-10(12-6)14-9(16)7-2-1-3-8(15)13-7/h1-3,5H,4H2,(H,13,15)(H,12,14,16). The fourth-order valence-electron chi connectivity index (χ4n) is 1.17. The molecule has 2 rings (SSSR count). The van der Waals surface area contributed by atoms with Gasteiger partial charge in [-0.3, -0.25) is 14.9 Å². The van der Waals surface area contributed by atoms with Crippen LogP contribution >= 0.6 is 22.9 Å². The highest BCUT2D eigenvalue weighted by atomic mass is 35.5.